The molecule has 0 aliphatic heterocycles. The van der Waals surface area contributed by atoms with Crippen LogP contribution in [-0.4, -0.2) is 6.54 Å². The minimum Gasteiger partial charge on any atom is -0.331 e. The van der Waals surface area contributed by atoms with Gasteiger partial charge in [0.2, 0.25) is 0 Å². The van der Waals surface area contributed by atoms with E-state index < -0.39 is 0 Å². The summed E-state index contributed by atoms with van der Waals surface area (Å²) in [6.45, 7) is 4.34. The number of nitrogens with two attached hydrogens (primary N) is 1. The van der Waals surface area contributed by atoms with E-state index in [1.165, 1.54) is 0 Å². The smallest absolute Gasteiger partial charge is 0 e. The maximum atomic E-state index is 4.95. The van der Waals surface area contributed by atoms with Crippen molar-refractivity contribution in [2.45, 2.75) is 13.8 Å². The third-order valence-electron chi connectivity index (χ3n) is 5.07. The fourth-order valence-electron chi connectivity index (χ4n) is 2.50. The fourth-order valence-corrected chi connectivity index (χ4v) is 2.50. The third kappa shape index (κ3) is 72.5. The highest BCUT2D eigenvalue weighted by molar-refractivity contribution is 5.54. The standard InChI is InChI=1S/C83H4.C2H7N/c1-3-5-7-9-11-13-15-17-19-21-23-25-27-29-31-33-35-37-39-41-43-45-47-49-51-53-55-57-59-61-63-65-67-69-71-73-75-77-79-81-83-82-80-78-76-74-72-70-68-66-64-62-60-58-56-54-52-50-48-46-44-42-40-38-36-34-32-30-28-26-24-22-20-18-16-14-12-10-8-6-4-2;1-2-3/h1H,2H3;2-3H2,1H3. The summed E-state index contributed by atoms with van der Waals surface area (Å²) in [6.07, 6.45) is 4.95. The first-order chi connectivity index (χ1) is 42.8. The molecule has 86 heavy (non-hydrogen) atoms. The van der Waals surface area contributed by atoms with Crippen LogP contribution in [0.4, 0.5) is 0 Å². The molecule has 1 nitrogen and oxygen atoms in total. The summed E-state index contributed by atoms with van der Waals surface area (Å²) in [6, 6.07) is 0. The quantitative estimate of drug-likeness (QED) is 0.357. The first-order valence-corrected chi connectivity index (χ1v) is 21.9. The zero-order valence-corrected chi connectivity index (χ0v) is 44.4. The van der Waals surface area contributed by atoms with Gasteiger partial charge in [-0.05, 0) is 108 Å². The Morgan fingerprint density at radius 1 is 0.151 bits per heavy atom. The first kappa shape index (κ1) is 70.0. The lowest BCUT2D eigenvalue weighted by molar-refractivity contribution is 1.14. The average Bonchev–Trinajstić information content (AvgIpc) is 3.51. The Bertz CT molecular complexity index is 5680. The Hall–Kier alpha value is -18.1. The van der Waals surface area contributed by atoms with Crippen molar-refractivity contribution in [3.05, 3.63) is 0 Å². The molecule has 0 bridgehead atoms. The van der Waals surface area contributed by atoms with E-state index in [1.807, 2.05) is 6.92 Å². The number of terminal acetylenes is 1. The van der Waals surface area contributed by atoms with Crippen LogP contribution >= 0.6 is 0 Å². The van der Waals surface area contributed by atoms with E-state index in [1.54, 1.807) is 6.92 Å². The maximum absolute atomic E-state index is 4.95. The largest absolute Gasteiger partial charge is 0.331 e. The molecule has 0 aliphatic rings. The molecular weight excluding hydrogens is 1030 g/mol. The van der Waals surface area contributed by atoms with Crippen molar-refractivity contribution in [1.29, 1.82) is 0 Å². The predicted octanol–water partition coefficient (Wildman–Crippen LogP) is 0.740. The van der Waals surface area contributed by atoms with Crippen LogP contribution in [0.5, 0.6) is 0 Å². The Balaban J connectivity index is 0. The van der Waals surface area contributed by atoms with Gasteiger partial charge >= 0.3 is 0 Å². The zero-order chi connectivity index (χ0) is 62.0. The molecule has 2 N–H and O–H groups in total. The first-order valence-electron chi connectivity index (χ1n) is 21.9. The van der Waals surface area contributed by atoms with Crippen LogP contribution in [0.3, 0.4) is 0 Å². The van der Waals surface area contributed by atoms with Gasteiger partial charge in [-0.15, -0.1) is 6.42 Å². The molecule has 1 heteroatoms. The van der Waals surface area contributed by atoms with Gasteiger partial charge in [0.15, 0.2) is 0 Å². The monoisotopic (exact) mass is 1050 g/mol. The van der Waals surface area contributed by atoms with E-state index in [2.05, 4.69) is 480 Å². The lowest BCUT2D eigenvalue weighted by Gasteiger charge is -1.58. The molecule has 0 unspecified atom stereocenters. The minimum absolute atomic E-state index is 0.750. The molecule has 0 rings (SSSR count). The van der Waals surface area contributed by atoms with Crippen LogP contribution in [0.15, 0.2) is 0 Å². The molecule has 0 spiro atoms. The van der Waals surface area contributed by atoms with Crippen LogP contribution in [0.25, 0.3) is 0 Å². The van der Waals surface area contributed by atoms with E-state index in [9.17, 15) is 0 Å². The lowest BCUT2D eigenvalue weighted by Crippen LogP contribution is -1.87. The fraction of sp³-hybridized carbons (Fsp3) is 0.0353. The Morgan fingerprint density at radius 3 is 0.267 bits per heavy atom. The number of rotatable bonds is 0. The van der Waals surface area contributed by atoms with E-state index >= 15 is 0 Å². The predicted molar refractivity (Wildman–Crippen MR) is 340 cm³/mol. The summed E-state index contributed by atoms with van der Waals surface area (Å²) >= 11 is 0. The molecule has 0 saturated heterocycles. The van der Waals surface area contributed by atoms with Crippen molar-refractivity contribution < 1.29 is 0 Å². The van der Waals surface area contributed by atoms with Gasteiger partial charge in [0.25, 0.3) is 0 Å². The number of hydrogen-bond donors (Lipinski definition) is 1. The second-order valence-corrected chi connectivity index (χ2v) is 10.7. The minimum atomic E-state index is 0.750. The second kappa shape index (κ2) is 71.2. The van der Waals surface area contributed by atoms with E-state index in [4.69, 9.17) is 12.2 Å². The molecule has 0 aliphatic carbocycles. The summed E-state index contributed by atoms with van der Waals surface area (Å²) in [7, 11) is 0. The molecule has 0 atom stereocenters. The van der Waals surface area contributed by atoms with E-state index in [-0.39, 0.29) is 0 Å². The molecule has 356 valence electrons. The molecule has 0 saturated carbocycles. The van der Waals surface area contributed by atoms with Crippen molar-refractivity contribution in [3.63, 3.8) is 0 Å². The molecular formula is C85H11N. The maximum Gasteiger partial charge on any atom is 0 e. The van der Waals surface area contributed by atoms with Crippen molar-refractivity contribution in [2.24, 2.45) is 5.73 Å². The SMILES string of the molecule is C#CC#CC#CC#CC#CC#CC#CC#CC#CC#CC#CC#CC#CC#CC#CC#CC#CC#CC#CC#CC#CC#CC#CC#CC#CC#CC#CC#CC#CC#CC#CC#CC#CC#CC#CC#CC#CC#CC#CC#CC#CC.CCN. The molecule has 0 fully saturated rings. The van der Waals surface area contributed by atoms with Crippen molar-refractivity contribution in [1.82, 2.24) is 0 Å². The van der Waals surface area contributed by atoms with Gasteiger partial charge in [-0.3, -0.25) is 0 Å². The van der Waals surface area contributed by atoms with Crippen LogP contribution < -0.4 is 5.73 Å². The van der Waals surface area contributed by atoms with Gasteiger partial charge in [0.1, 0.15) is 0 Å². The molecule has 0 radical (unpaired) electrons. The van der Waals surface area contributed by atoms with Crippen molar-refractivity contribution in [2.75, 3.05) is 6.54 Å². The summed E-state index contributed by atoms with van der Waals surface area (Å²) in [5.74, 6) is 202. The summed E-state index contributed by atoms with van der Waals surface area (Å²) in [4.78, 5) is 0. The summed E-state index contributed by atoms with van der Waals surface area (Å²) in [5, 5.41) is 0. The molecule has 0 heterocycles. The Labute approximate surface area is 509 Å². The molecule has 0 aromatic heterocycles. The van der Waals surface area contributed by atoms with Gasteiger partial charge in [0.05, 0.1) is 0 Å². The van der Waals surface area contributed by atoms with Crippen LogP contribution in [0.2, 0.25) is 0 Å². The normalized spacial score (nSPS) is 4.02. The highest BCUT2D eigenvalue weighted by Crippen LogP contribution is 1.65. The molecule has 0 aromatic rings. The summed E-state index contributed by atoms with van der Waals surface area (Å²) < 4.78 is 0. The van der Waals surface area contributed by atoms with E-state index in [0.717, 1.165) is 6.54 Å². The van der Waals surface area contributed by atoms with Gasteiger partial charge in [-0.1, -0.05) is 12.8 Å². The lowest BCUT2D eigenvalue weighted by atomic mass is 10.4. The third-order valence-corrected chi connectivity index (χ3v) is 5.07. The van der Waals surface area contributed by atoms with Crippen molar-refractivity contribution in [3.8, 4) is 486 Å². The second-order valence-electron chi connectivity index (χ2n) is 10.7. The molecule has 0 aromatic carbocycles. The molecule has 0 amide bonds. The van der Waals surface area contributed by atoms with Gasteiger partial charge in [0, 0.05) is 379 Å². The van der Waals surface area contributed by atoms with Crippen molar-refractivity contribution >= 4 is 0 Å². The van der Waals surface area contributed by atoms with Crippen LogP contribution in [0.1, 0.15) is 13.8 Å². The Morgan fingerprint density at radius 2 is 0.209 bits per heavy atom. The van der Waals surface area contributed by atoms with Gasteiger partial charge in [-0.25, -0.2) is 0 Å². The van der Waals surface area contributed by atoms with Crippen LogP contribution in [-0.2, 0) is 0 Å². The van der Waals surface area contributed by atoms with Crippen LogP contribution in [0, 0.1) is 486 Å². The number of hydrogen-bond acceptors (Lipinski definition) is 1. The average molecular weight is 1050 g/mol. The van der Waals surface area contributed by atoms with Gasteiger partial charge < -0.3 is 5.73 Å². The topological polar surface area (TPSA) is 26.0 Å². The van der Waals surface area contributed by atoms with E-state index in [0.29, 0.717) is 0 Å². The highest BCUT2D eigenvalue weighted by Gasteiger charge is 1.65. The highest BCUT2D eigenvalue weighted by atomic mass is 14.5. The van der Waals surface area contributed by atoms with Gasteiger partial charge in [-0.2, -0.15) is 0 Å². The summed E-state index contributed by atoms with van der Waals surface area (Å²) in [5.41, 5.74) is 4.85. The Kier molecular flexibility index (Phi) is 57.9. The zero-order valence-electron chi connectivity index (χ0n) is 44.4.